The number of hydrogen-bond acceptors (Lipinski definition) is 2. The van der Waals surface area contributed by atoms with Crippen molar-refractivity contribution in [2.24, 2.45) is 0 Å². The van der Waals surface area contributed by atoms with Crippen LogP contribution in [-0.2, 0) is 6.54 Å². The van der Waals surface area contributed by atoms with E-state index in [1.807, 2.05) is 27.0 Å². The molecule has 2 rings (SSSR count). The molecule has 0 fully saturated rings. The van der Waals surface area contributed by atoms with Crippen LogP contribution in [-0.4, -0.2) is 14.5 Å². The van der Waals surface area contributed by atoms with Crippen LogP contribution in [0.15, 0.2) is 18.6 Å². The second-order valence-electron chi connectivity index (χ2n) is 2.80. The molecule has 0 bridgehead atoms. The molecule has 14 heavy (non-hydrogen) atoms. The van der Waals surface area contributed by atoms with Crippen LogP contribution in [0.2, 0.25) is 0 Å². The maximum absolute atomic E-state index is 4.22. The Morgan fingerprint density at radius 3 is 2.64 bits per heavy atom. The minimum Gasteiger partial charge on any atom is -0.333 e. The van der Waals surface area contributed by atoms with E-state index >= 15 is 0 Å². The predicted molar refractivity (Wildman–Crippen MR) is 59.3 cm³/mol. The van der Waals surface area contributed by atoms with E-state index in [4.69, 9.17) is 0 Å². The lowest BCUT2D eigenvalue weighted by atomic mass is 10.3. The number of aryl methyl sites for hydroxylation is 2. The molecule has 2 aromatic rings. The van der Waals surface area contributed by atoms with Crippen molar-refractivity contribution in [3.63, 3.8) is 0 Å². The molecule has 0 atom stereocenters. The molecule has 0 N–H and O–H groups in total. The van der Waals surface area contributed by atoms with Crippen molar-refractivity contribution in [2.45, 2.75) is 34.2 Å². The molecule has 3 heteroatoms. The third-order valence-corrected chi connectivity index (χ3v) is 2.10. The van der Waals surface area contributed by atoms with Gasteiger partial charge in [0.05, 0.1) is 5.69 Å². The third kappa shape index (κ3) is 1.76. The van der Waals surface area contributed by atoms with E-state index < -0.39 is 0 Å². The van der Waals surface area contributed by atoms with E-state index in [1.165, 1.54) is 0 Å². The Hall–Kier alpha value is -1.38. The highest BCUT2D eigenvalue weighted by molar-refractivity contribution is 5.78. The van der Waals surface area contributed by atoms with Crippen LogP contribution >= 0.6 is 0 Å². The van der Waals surface area contributed by atoms with Gasteiger partial charge in [-0.2, -0.15) is 0 Å². The summed E-state index contributed by atoms with van der Waals surface area (Å²) >= 11 is 0. The molecule has 2 heterocycles. The van der Waals surface area contributed by atoms with Crippen LogP contribution in [0.3, 0.4) is 0 Å². The van der Waals surface area contributed by atoms with Gasteiger partial charge in [0.1, 0.15) is 12.0 Å². The maximum Gasteiger partial charge on any atom is 0.143 e. The summed E-state index contributed by atoms with van der Waals surface area (Å²) in [6.07, 6.45) is 3.66. The zero-order chi connectivity index (χ0) is 10.6. The first-order valence-corrected chi connectivity index (χ1v) is 5.09. The number of nitrogens with zero attached hydrogens (tertiary/aromatic N) is 3. The lowest BCUT2D eigenvalue weighted by molar-refractivity contribution is 0.786. The molecule has 0 saturated carbocycles. The molecule has 0 unspecified atom stereocenters. The van der Waals surface area contributed by atoms with E-state index in [1.54, 1.807) is 6.33 Å². The SMILES string of the molecule is CC.CCn1ccc2c(C)ncnc21. The number of hydrogen-bond donors (Lipinski definition) is 0. The van der Waals surface area contributed by atoms with Gasteiger partial charge in [0.25, 0.3) is 0 Å². The summed E-state index contributed by atoms with van der Waals surface area (Å²) in [5.41, 5.74) is 2.08. The van der Waals surface area contributed by atoms with Crippen molar-refractivity contribution < 1.29 is 0 Å². The summed E-state index contributed by atoms with van der Waals surface area (Å²) in [4.78, 5) is 8.36. The minimum absolute atomic E-state index is 0.958. The molecule has 0 aliphatic rings. The first kappa shape index (κ1) is 10.7. The molecule has 0 aliphatic carbocycles. The Kier molecular flexibility index (Phi) is 3.63. The van der Waals surface area contributed by atoms with Gasteiger partial charge in [-0.05, 0) is 19.9 Å². The zero-order valence-electron chi connectivity index (χ0n) is 9.28. The molecule has 0 aromatic carbocycles. The van der Waals surface area contributed by atoms with Crippen LogP contribution in [0.25, 0.3) is 11.0 Å². The standard InChI is InChI=1S/C9H11N3.C2H6/c1-3-12-5-4-8-7(2)10-6-11-9(8)12;1-2/h4-6H,3H2,1-2H3;1-2H3. The quantitative estimate of drug-likeness (QED) is 0.694. The summed E-state index contributed by atoms with van der Waals surface area (Å²) < 4.78 is 2.12. The van der Waals surface area contributed by atoms with Crippen molar-refractivity contribution in [1.29, 1.82) is 0 Å². The lowest BCUT2D eigenvalue weighted by Gasteiger charge is -1.98. The average molecular weight is 191 g/mol. The van der Waals surface area contributed by atoms with Crippen LogP contribution in [0, 0.1) is 6.92 Å². The van der Waals surface area contributed by atoms with Crippen molar-refractivity contribution in [3.05, 3.63) is 24.3 Å². The van der Waals surface area contributed by atoms with Crippen molar-refractivity contribution in [2.75, 3.05) is 0 Å². The normalized spacial score (nSPS) is 9.71. The molecule has 76 valence electrons. The number of aromatic nitrogens is 3. The highest BCUT2D eigenvalue weighted by Gasteiger charge is 2.02. The van der Waals surface area contributed by atoms with Gasteiger partial charge in [0, 0.05) is 18.1 Å². The zero-order valence-corrected chi connectivity index (χ0v) is 9.28. The van der Waals surface area contributed by atoms with Gasteiger partial charge in [-0.15, -0.1) is 0 Å². The Balaban J connectivity index is 0.000000461. The van der Waals surface area contributed by atoms with Crippen molar-refractivity contribution >= 4 is 11.0 Å². The first-order valence-electron chi connectivity index (χ1n) is 5.09. The van der Waals surface area contributed by atoms with E-state index in [0.29, 0.717) is 0 Å². The molecule has 0 spiro atoms. The van der Waals surface area contributed by atoms with Crippen LogP contribution < -0.4 is 0 Å². The molecule has 2 aromatic heterocycles. The van der Waals surface area contributed by atoms with E-state index in [-0.39, 0.29) is 0 Å². The third-order valence-electron chi connectivity index (χ3n) is 2.10. The molecule has 0 radical (unpaired) electrons. The minimum atomic E-state index is 0.958. The van der Waals surface area contributed by atoms with Gasteiger partial charge in [-0.25, -0.2) is 9.97 Å². The Morgan fingerprint density at radius 1 is 1.29 bits per heavy atom. The largest absolute Gasteiger partial charge is 0.333 e. The molecule has 0 aliphatic heterocycles. The van der Waals surface area contributed by atoms with Crippen LogP contribution in [0.1, 0.15) is 26.5 Å². The van der Waals surface area contributed by atoms with E-state index in [2.05, 4.69) is 27.5 Å². The number of rotatable bonds is 1. The van der Waals surface area contributed by atoms with E-state index in [9.17, 15) is 0 Å². The molecule has 0 saturated heterocycles. The lowest BCUT2D eigenvalue weighted by Crippen LogP contribution is -1.94. The van der Waals surface area contributed by atoms with Gasteiger partial charge < -0.3 is 4.57 Å². The molecule has 0 amide bonds. The fraction of sp³-hybridized carbons (Fsp3) is 0.455. The highest BCUT2D eigenvalue weighted by atomic mass is 15.0. The predicted octanol–water partition coefficient (Wildman–Crippen LogP) is 2.79. The second kappa shape index (κ2) is 4.74. The number of fused-ring (bicyclic) bond motifs is 1. The second-order valence-corrected chi connectivity index (χ2v) is 2.80. The average Bonchev–Trinajstić information content (AvgIpc) is 2.65. The maximum atomic E-state index is 4.22. The highest BCUT2D eigenvalue weighted by Crippen LogP contribution is 2.14. The van der Waals surface area contributed by atoms with Crippen molar-refractivity contribution in [1.82, 2.24) is 14.5 Å². The molecule has 3 nitrogen and oxygen atoms in total. The molecular formula is C11H17N3. The van der Waals surface area contributed by atoms with Gasteiger partial charge in [-0.1, -0.05) is 13.8 Å². The molecular weight excluding hydrogens is 174 g/mol. The van der Waals surface area contributed by atoms with Crippen molar-refractivity contribution in [3.8, 4) is 0 Å². The summed E-state index contributed by atoms with van der Waals surface area (Å²) in [5, 5.41) is 1.15. The van der Waals surface area contributed by atoms with Gasteiger partial charge >= 0.3 is 0 Å². The first-order chi connectivity index (χ1) is 6.83. The Labute approximate surface area is 84.8 Å². The fourth-order valence-electron chi connectivity index (χ4n) is 1.39. The summed E-state index contributed by atoms with van der Waals surface area (Å²) in [6, 6.07) is 2.06. The summed E-state index contributed by atoms with van der Waals surface area (Å²) in [6.45, 7) is 9.07. The summed E-state index contributed by atoms with van der Waals surface area (Å²) in [7, 11) is 0. The summed E-state index contributed by atoms with van der Waals surface area (Å²) in [5.74, 6) is 0. The van der Waals surface area contributed by atoms with Gasteiger partial charge in [-0.3, -0.25) is 0 Å². The van der Waals surface area contributed by atoms with Crippen LogP contribution in [0.5, 0.6) is 0 Å². The van der Waals surface area contributed by atoms with E-state index in [0.717, 1.165) is 23.3 Å². The van der Waals surface area contributed by atoms with Gasteiger partial charge in [0.2, 0.25) is 0 Å². The topological polar surface area (TPSA) is 30.7 Å². The smallest absolute Gasteiger partial charge is 0.143 e. The monoisotopic (exact) mass is 191 g/mol. The van der Waals surface area contributed by atoms with Gasteiger partial charge in [0.15, 0.2) is 0 Å². The fourth-order valence-corrected chi connectivity index (χ4v) is 1.39. The Bertz CT molecular complexity index is 404. The van der Waals surface area contributed by atoms with Crippen LogP contribution in [0.4, 0.5) is 0 Å². The Morgan fingerprint density at radius 2 is 2.00 bits per heavy atom.